The minimum atomic E-state index is -0.409. The molecular formula is C17H33NO2. The topological polar surface area (TPSA) is 29.5 Å². The fourth-order valence-corrected chi connectivity index (χ4v) is 1.88. The number of nitrogens with zero attached hydrogens (tertiary/aromatic N) is 1. The van der Waals surface area contributed by atoms with E-state index in [1.165, 1.54) is 6.42 Å². The first-order chi connectivity index (χ1) is 9.40. The molecule has 0 aliphatic rings. The van der Waals surface area contributed by atoms with E-state index in [2.05, 4.69) is 26.0 Å². The molecule has 0 aliphatic heterocycles. The molecular weight excluding hydrogens is 250 g/mol. The van der Waals surface area contributed by atoms with E-state index in [9.17, 15) is 4.79 Å². The summed E-state index contributed by atoms with van der Waals surface area (Å²) in [5, 5.41) is 0. The molecule has 0 atom stereocenters. The van der Waals surface area contributed by atoms with E-state index in [1.54, 1.807) is 0 Å². The van der Waals surface area contributed by atoms with E-state index in [1.807, 2.05) is 25.7 Å². The monoisotopic (exact) mass is 283 g/mol. The molecule has 0 aromatic carbocycles. The van der Waals surface area contributed by atoms with Gasteiger partial charge < -0.3 is 9.64 Å². The van der Waals surface area contributed by atoms with Crippen molar-refractivity contribution in [1.29, 1.82) is 0 Å². The molecule has 0 bridgehead atoms. The Hall–Kier alpha value is -0.990. The number of carbonyl (C=O) groups is 1. The van der Waals surface area contributed by atoms with Crippen LogP contribution in [0.25, 0.3) is 0 Å². The van der Waals surface area contributed by atoms with Crippen molar-refractivity contribution in [2.45, 2.75) is 78.7 Å². The van der Waals surface area contributed by atoms with Gasteiger partial charge in [0.15, 0.2) is 0 Å². The largest absolute Gasteiger partial charge is 0.444 e. The van der Waals surface area contributed by atoms with E-state index >= 15 is 0 Å². The van der Waals surface area contributed by atoms with Crippen molar-refractivity contribution in [3.8, 4) is 0 Å². The van der Waals surface area contributed by atoms with Crippen LogP contribution in [0.15, 0.2) is 12.2 Å². The summed E-state index contributed by atoms with van der Waals surface area (Å²) in [5.41, 5.74) is -0.409. The van der Waals surface area contributed by atoms with E-state index in [0.29, 0.717) is 0 Å². The average Bonchev–Trinajstić information content (AvgIpc) is 2.34. The first-order valence-electron chi connectivity index (χ1n) is 7.99. The summed E-state index contributed by atoms with van der Waals surface area (Å²) >= 11 is 0. The quantitative estimate of drug-likeness (QED) is 0.432. The van der Waals surface area contributed by atoms with Crippen LogP contribution < -0.4 is 0 Å². The van der Waals surface area contributed by atoms with Crippen molar-refractivity contribution in [2.24, 2.45) is 0 Å². The lowest BCUT2D eigenvalue weighted by Crippen LogP contribution is -2.38. The molecule has 0 aromatic heterocycles. The van der Waals surface area contributed by atoms with Gasteiger partial charge in [0, 0.05) is 13.1 Å². The molecule has 0 radical (unpaired) electrons. The van der Waals surface area contributed by atoms with Crippen molar-refractivity contribution >= 4 is 6.09 Å². The summed E-state index contributed by atoms with van der Waals surface area (Å²) in [6, 6.07) is 0. The summed E-state index contributed by atoms with van der Waals surface area (Å²) in [4.78, 5) is 14.0. The maximum atomic E-state index is 12.1. The van der Waals surface area contributed by atoms with Gasteiger partial charge >= 0.3 is 6.09 Å². The van der Waals surface area contributed by atoms with Gasteiger partial charge in [-0.15, -0.1) is 0 Å². The molecule has 0 spiro atoms. The Morgan fingerprint density at radius 1 is 1.10 bits per heavy atom. The van der Waals surface area contributed by atoms with Crippen molar-refractivity contribution < 1.29 is 9.53 Å². The molecule has 20 heavy (non-hydrogen) atoms. The van der Waals surface area contributed by atoms with Crippen LogP contribution in [0.2, 0.25) is 0 Å². The van der Waals surface area contributed by atoms with Gasteiger partial charge in [-0.3, -0.25) is 0 Å². The van der Waals surface area contributed by atoms with Gasteiger partial charge in [-0.2, -0.15) is 0 Å². The second kappa shape index (κ2) is 10.8. The van der Waals surface area contributed by atoms with Gasteiger partial charge in [-0.05, 0) is 53.4 Å². The zero-order valence-corrected chi connectivity index (χ0v) is 14.1. The molecule has 3 nitrogen and oxygen atoms in total. The number of hydrogen-bond donors (Lipinski definition) is 0. The van der Waals surface area contributed by atoms with E-state index in [4.69, 9.17) is 4.74 Å². The summed E-state index contributed by atoms with van der Waals surface area (Å²) < 4.78 is 5.47. The molecule has 118 valence electrons. The number of rotatable bonds is 9. The second-order valence-corrected chi connectivity index (χ2v) is 6.24. The third kappa shape index (κ3) is 10.9. The lowest BCUT2D eigenvalue weighted by molar-refractivity contribution is 0.0244. The van der Waals surface area contributed by atoms with E-state index in [-0.39, 0.29) is 6.09 Å². The maximum Gasteiger partial charge on any atom is 0.410 e. The van der Waals surface area contributed by atoms with Gasteiger partial charge in [0.2, 0.25) is 0 Å². The van der Waals surface area contributed by atoms with Gasteiger partial charge in [-0.1, -0.05) is 31.9 Å². The Morgan fingerprint density at radius 2 is 1.75 bits per heavy atom. The van der Waals surface area contributed by atoms with Gasteiger partial charge in [0.25, 0.3) is 0 Å². The molecule has 3 heteroatoms. The molecule has 0 rings (SSSR count). The molecule has 0 heterocycles. The number of amides is 1. The highest BCUT2D eigenvalue weighted by Gasteiger charge is 2.21. The number of ether oxygens (including phenoxy) is 1. The Labute approximate surface area is 125 Å². The predicted octanol–water partition coefficient (Wildman–Crippen LogP) is 5.16. The van der Waals surface area contributed by atoms with Crippen LogP contribution in [0.5, 0.6) is 0 Å². The maximum absolute atomic E-state index is 12.1. The summed E-state index contributed by atoms with van der Waals surface area (Å²) in [6.45, 7) is 11.6. The average molecular weight is 283 g/mol. The minimum Gasteiger partial charge on any atom is -0.444 e. The van der Waals surface area contributed by atoms with Gasteiger partial charge in [-0.25, -0.2) is 4.79 Å². The zero-order valence-electron chi connectivity index (χ0n) is 14.1. The summed E-state index contributed by atoms with van der Waals surface area (Å²) in [5.74, 6) is 0. The Kier molecular flexibility index (Phi) is 10.2. The molecule has 0 fully saturated rings. The first kappa shape index (κ1) is 19.0. The molecule has 1 amide bonds. The van der Waals surface area contributed by atoms with Crippen molar-refractivity contribution in [3.05, 3.63) is 12.2 Å². The first-order valence-corrected chi connectivity index (χ1v) is 7.99. The number of unbranched alkanes of at least 4 members (excludes halogenated alkanes) is 4. The molecule has 0 N–H and O–H groups in total. The van der Waals surface area contributed by atoms with Crippen molar-refractivity contribution in [1.82, 2.24) is 4.90 Å². The lowest BCUT2D eigenvalue weighted by atomic mass is 10.1. The van der Waals surface area contributed by atoms with E-state index in [0.717, 1.165) is 45.2 Å². The van der Waals surface area contributed by atoms with Crippen LogP contribution in [0.4, 0.5) is 4.79 Å². The van der Waals surface area contributed by atoms with Crippen molar-refractivity contribution in [2.75, 3.05) is 13.1 Å². The molecule has 0 aliphatic carbocycles. The highest BCUT2D eigenvalue weighted by Crippen LogP contribution is 2.12. The summed E-state index contributed by atoms with van der Waals surface area (Å²) in [7, 11) is 0. The fourth-order valence-electron chi connectivity index (χ4n) is 1.88. The Bertz CT molecular complexity index is 279. The second-order valence-electron chi connectivity index (χ2n) is 6.24. The van der Waals surface area contributed by atoms with Gasteiger partial charge in [0.1, 0.15) is 5.60 Å². The highest BCUT2D eigenvalue weighted by molar-refractivity contribution is 5.68. The molecule has 0 saturated heterocycles. The molecule has 0 unspecified atom stereocenters. The number of allylic oxidation sites excluding steroid dienone is 2. The summed E-state index contributed by atoms with van der Waals surface area (Å²) in [6.07, 6.45) is 10.8. The number of hydrogen-bond acceptors (Lipinski definition) is 2. The fraction of sp³-hybridized carbons (Fsp3) is 0.824. The predicted molar refractivity (Wildman–Crippen MR) is 86.0 cm³/mol. The number of carbonyl (C=O) groups excluding carboxylic acids is 1. The van der Waals surface area contributed by atoms with Crippen molar-refractivity contribution in [3.63, 3.8) is 0 Å². The minimum absolute atomic E-state index is 0.167. The Morgan fingerprint density at radius 3 is 2.30 bits per heavy atom. The molecule has 0 aromatic rings. The lowest BCUT2D eigenvalue weighted by Gasteiger charge is -2.27. The SMILES string of the molecule is CC=CCCCCCN(CCCC)C(=O)OC(C)(C)C. The zero-order chi connectivity index (χ0) is 15.4. The highest BCUT2D eigenvalue weighted by atomic mass is 16.6. The normalized spacial score (nSPS) is 11.8. The van der Waals surface area contributed by atoms with Crippen LogP contribution in [-0.2, 0) is 4.74 Å². The van der Waals surface area contributed by atoms with Crippen LogP contribution in [0.1, 0.15) is 73.1 Å². The standard InChI is InChI=1S/C17H33NO2/c1-6-8-10-11-12-13-15-18(14-9-7-2)16(19)20-17(3,4)5/h6,8H,7,9-15H2,1-5H3. The van der Waals surface area contributed by atoms with Crippen LogP contribution in [0, 0.1) is 0 Å². The molecule has 0 saturated carbocycles. The third-order valence-electron chi connectivity index (χ3n) is 2.97. The smallest absolute Gasteiger partial charge is 0.410 e. The third-order valence-corrected chi connectivity index (χ3v) is 2.97. The van der Waals surface area contributed by atoms with Crippen LogP contribution in [-0.4, -0.2) is 29.7 Å². The van der Waals surface area contributed by atoms with Gasteiger partial charge in [0.05, 0.1) is 0 Å². The van der Waals surface area contributed by atoms with Crippen LogP contribution in [0.3, 0.4) is 0 Å². The Balaban J connectivity index is 4.10. The van der Waals surface area contributed by atoms with Crippen LogP contribution >= 0.6 is 0 Å². The van der Waals surface area contributed by atoms with E-state index < -0.39 is 5.60 Å².